The van der Waals surface area contributed by atoms with Gasteiger partial charge in [0.2, 0.25) is 0 Å². The third-order valence-electron chi connectivity index (χ3n) is 12.3. The Labute approximate surface area is 301 Å². The van der Waals surface area contributed by atoms with Crippen LogP contribution in [-0.4, -0.2) is 0 Å². The molecule has 0 aromatic heterocycles. The van der Waals surface area contributed by atoms with Gasteiger partial charge in [-0.3, -0.25) is 0 Å². The largest absolute Gasteiger partial charge is 0.0654 e. The van der Waals surface area contributed by atoms with Crippen LogP contribution in [0.15, 0.2) is 0 Å². The average molecular weight is 659 g/mol. The topological polar surface area (TPSA) is 0 Å². The van der Waals surface area contributed by atoms with Crippen molar-refractivity contribution in [2.45, 2.75) is 278 Å². The lowest BCUT2D eigenvalue weighted by atomic mass is 9.77. The van der Waals surface area contributed by atoms with E-state index in [1.54, 1.807) is 44.9 Å². The minimum atomic E-state index is 0.888. The van der Waals surface area contributed by atoms with Gasteiger partial charge in [0.15, 0.2) is 0 Å². The monoisotopic (exact) mass is 659 g/mol. The molecule has 0 aromatic rings. The molecule has 0 heterocycles. The molecule has 47 heavy (non-hydrogen) atoms. The molecule has 0 aromatic carbocycles. The molecule has 1 saturated carbocycles. The van der Waals surface area contributed by atoms with Crippen molar-refractivity contribution in [1.29, 1.82) is 0 Å². The summed E-state index contributed by atoms with van der Waals surface area (Å²) in [5, 5.41) is 0. The quantitative estimate of drug-likeness (QED) is 0.0577. The molecule has 1 aliphatic carbocycles. The van der Waals surface area contributed by atoms with E-state index >= 15 is 0 Å². The van der Waals surface area contributed by atoms with Crippen molar-refractivity contribution in [2.24, 2.45) is 23.7 Å². The van der Waals surface area contributed by atoms with E-state index < -0.39 is 0 Å². The van der Waals surface area contributed by atoms with Crippen molar-refractivity contribution in [2.75, 3.05) is 0 Å². The zero-order valence-electron chi connectivity index (χ0n) is 33.9. The minimum Gasteiger partial charge on any atom is -0.0654 e. The Hall–Kier alpha value is 0. The summed E-state index contributed by atoms with van der Waals surface area (Å²) in [6.45, 7) is 9.45. The second-order valence-corrected chi connectivity index (χ2v) is 17.3. The molecule has 0 aliphatic heterocycles. The van der Waals surface area contributed by atoms with Crippen LogP contribution in [0, 0.1) is 23.7 Å². The summed E-state index contributed by atoms with van der Waals surface area (Å²) in [6, 6.07) is 0. The SMILES string of the molecule is CCCCCCCCCCCCCCCCC(CCCCCCC1CCC1)C(CCCCCCC)CCCCCCCCCC(C)C. The standard InChI is InChI=1S/C47H94/c1-5-7-9-11-12-13-14-15-16-17-18-21-25-32-42-47(43-34-28-27-30-37-45-38-35-39-45)46(40-31-23-10-8-6-2)41-33-26-22-19-20-24-29-36-44(3)4/h44-47H,5-43H2,1-4H3. The molecule has 1 rings (SSSR count). The molecule has 2 atom stereocenters. The van der Waals surface area contributed by atoms with Crippen LogP contribution in [0.25, 0.3) is 0 Å². The molecule has 2 unspecified atom stereocenters. The Morgan fingerprint density at radius 3 is 0.894 bits per heavy atom. The fraction of sp³-hybridized carbons (Fsp3) is 1.00. The Kier molecular flexibility index (Phi) is 34.3. The molecule has 0 saturated heterocycles. The highest BCUT2D eigenvalue weighted by Crippen LogP contribution is 2.35. The van der Waals surface area contributed by atoms with Crippen LogP contribution in [0.2, 0.25) is 0 Å². The molecule has 0 N–H and O–H groups in total. The molecule has 1 aliphatic rings. The predicted octanol–water partition coefficient (Wildman–Crippen LogP) is 17.8. The van der Waals surface area contributed by atoms with Crippen molar-refractivity contribution in [3.8, 4) is 0 Å². The molecule has 0 amide bonds. The van der Waals surface area contributed by atoms with E-state index in [0.29, 0.717) is 0 Å². The predicted molar refractivity (Wildman–Crippen MR) is 217 cm³/mol. The van der Waals surface area contributed by atoms with Gasteiger partial charge in [-0.05, 0) is 23.7 Å². The van der Waals surface area contributed by atoms with Crippen LogP contribution in [0.5, 0.6) is 0 Å². The van der Waals surface area contributed by atoms with Gasteiger partial charge in [0.1, 0.15) is 0 Å². The van der Waals surface area contributed by atoms with Crippen molar-refractivity contribution in [3.63, 3.8) is 0 Å². The third kappa shape index (κ3) is 30.5. The lowest BCUT2D eigenvalue weighted by Crippen LogP contribution is -2.16. The van der Waals surface area contributed by atoms with Crippen molar-refractivity contribution in [1.82, 2.24) is 0 Å². The molecule has 0 nitrogen and oxygen atoms in total. The van der Waals surface area contributed by atoms with Gasteiger partial charge in [-0.2, -0.15) is 0 Å². The lowest BCUT2D eigenvalue weighted by molar-refractivity contribution is 0.235. The molecule has 0 spiro atoms. The number of rotatable bonds is 39. The van der Waals surface area contributed by atoms with Crippen LogP contribution < -0.4 is 0 Å². The van der Waals surface area contributed by atoms with Crippen molar-refractivity contribution >= 4 is 0 Å². The first-order valence-corrected chi connectivity index (χ1v) is 23.2. The van der Waals surface area contributed by atoms with Crippen LogP contribution >= 0.6 is 0 Å². The molecular weight excluding hydrogens is 565 g/mol. The summed E-state index contributed by atoms with van der Waals surface area (Å²) in [6.07, 6.45) is 58.3. The van der Waals surface area contributed by atoms with E-state index in [0.717, 1.165) is 23.7 Å². The zero-order valence-corrected chi connectivity index (χ0v) is 33.9. The van der Waals surface area contributed by atoms with E-state index in [1.165, 1.54) is 205 Å². The van der Waals surface area contributed by atoms with Gasteiger partial charge < -0.3 is 0 Å². The van der Waals surface area contributed by atoms with E-state index in [1.807, 2.05) is 0 Å². The molecule has 1 fully saturated rings. The van der Waals surface area contributed by atoms with Gasteiger partial charge in [0.05, 0.1) is 0 Å². The summed E-state index contributed by atoms with van der Waals surface area (Å²) in [4.78, 5) is 0. The van der Waals surface area contributed by atoms with Gasteiger partial charge in [-0.15, -0.1) is 0 Å². The second-order valence-electron chi connectivity index (χ2n) is 17.3. The maximum atomic E-state index is 2.38. The first-order chi connectivity index (χ1) is 23.2. The lowest BCUT2D eigenvalue weighted by Gasteiger charge is -2.28. The minimum absolute atomic E-state index is 0.888. The Morgan fingerprint density at radius 2 is 0.617 bits per heavy atom. The Balaban J connectivity index is 2.40. The third-order valence-corrected chi connectivity index (χ3v) is 12.3. The van der Waals surface area contributed by atoms with Gasteiger partial charge in [-0.1, -0.05) is 278 Å². The molecule has 0 radical (unpaired) electrons. The zero-order chi connectivity index (χ0) is 33.9. The number of hydrogen-bond donors (Lipinski definition) is 0. The Bertz CT molecular complexity index is 573. The van der Waals surface area contributed by atoms with Gasteiger partial charge in [0, 0.05) is 0 Å². The summed E-state index contributed by atoms with van der Waals surface area (Å²) in [7, 11) is 0. The number of unbranched alkanes of at least 4 members (excludes halogenated alkanes) is 26. The highest BCUT2D eigenvalue weighted by Gasteiger charge is 2.21. The summed E-state index contributed by atoms with van der Waals surface area (Å²) < 4.78 is 0. The summed E-state index contributed by atoms with van der Waals surface area (Å²) in [5.74, 6) is 4.06. The van der Waals surface area contributed by atoms with E-state index in [4.69, 9.17) is 0 Å². The maximum absolute atomic E-state index is 2.38. The van der Waals surface area contributed by atoms with Gasteiger partial charge in [0.25, 0.3) is 0 Å². The first-order valence-electron chi connectivity index (χ1n) is 23.2. The van der Waals surface area contributed by atoms with Crippen molar-refractivity contribution in [3.05, 3.63) is 0 Å². The summed E-state index contributed by atoms with van der Waals surface area (Å²) >= 11 is 0. The number of hydrogen-bond acceptors (Lipinski definition) is 0. The first kappa shape index (κ1) is 45.0. The van der Waals surface area contributed by atoms with Crippen molar-refractivity contribution < 1.29 is 0 Å². The van der Waals surface area contributed by atoms with Gasteiger partial charge >= 0.3 is 0 Å². The second kappa shape index (κ2) is 35.8. The highest BCUT2D eigenvalue weighted by atomic mass is 14.3. The van der Waals surface area contributed by atoms with Crippen LogP contribution in [0.1, 0.15) is 278 Å². The summed E-state index contributed by atoms with van der Waals surface area (Å²) in [5.41, 5.74) is 0. The normalized spacial score (nSPS) is 15.0. The van der Waals surface area contributed by atoms with Crippen LogP contribution in [0.3, 0.4) is 0 Å². The van der Waals surface area contributed by atoms with Gasteiger partial charge in [-0.25, -0.2) is 0 Å². The highest BCUT2D eigenvalue weighted by molar-refractivity contribution is 4.73. The van der Waals surface area contributed by atoms with E-state index in [-0.39, 0.29) is 0 Å². The van der Waals surface area contributed by atoms with Crippen LogP contribution in [-0.2, 0) is 0 Å². The smallest absolute Gasteiger partial charge is 0.0386 e. The molecular formula is C47H94. The average Bonchev–Trinajstić information content (AvgIpc) is 3.04. The van der Waals surface area contributed by atoms with Crippen LogP contribution in [0.4, 0.5) is 0 Å². The Morgan fingerprint density at radius 1 is 0.340 bits per heavy atom. The van der Waals surface area contributed by atoms with E-state index in [9.17, 15) is 0 Å². The molecule has 282 valence electrons. The molecule has 0 heteroatoms. The maximum Gasteiger partial charge on any atom is -0.0386 e. The van der Waals surface area contributed by atoms with E-state index in [2.05, 4.69) is 27.7 Å². The fourth-order valence-corrected chi connectivity index (χ4v) is 8.66. The molecule has 0 bridgehead atoms. The fourth-order valence-electron chi connectivity index (χ4n) is 8.66.